The highest BCUT2D eigenvalue weighted by Crippen LogP contribution is 2.22. The standard InChI is InChI=1S/C17H23N3/c1-4-15-11-19-8-7-16(15)17(20-18)10-14-6-5-12(2)13(3)9-14/h5-9,11,17,20H,4,10,18H2,1-3H3. The highest BCUT2D eigenvalue weighted by atomic mass is 15.2. The molecule has 20 heavy (non-hydrogen) atoms. The summed E-state index contributed by atoms with van der Waals surface area (Å²) in [4.78, 5) is 4.20. The molecule has 3 nitrogen and oxygen atoms in total. The number of rotatable bonds is 5. The van der Waals surface area contributed by atoms with Crippen molar-refractivity contribution in [3.05, 3.63) is 64.5 Å². The van der Waals surface area contributed by atoms with Gasteiger partial charge in [-0.3, -0.25) is 16.3 Å². The first-order valence-electron chi connectivity index (χ1n) is 7.10. The van der Waals surface area contributed by atoms with Gasteiger partial charge in [-0.2, -0.15) is 0 Å². The molecule has 0 aliphatic heterocycles. The molecular weight excluding hydrogens is 246 g/mol. The van der Waals surface area contributed by atoms with Crippen LogP contribution in [0.4, 0.5) is 0 Å². The van der Waals surface area contributed by atoms with Crippen molar-refractivity contribution in [1.29, 1.82) is 0 Å². The summed E-state index contributed by atoms with van der Waals surface area (Å²) < 4.78 is 0. The first-order valence-corrected chi connectivity index (χ1v) is 7.10. The Morgan fingerprint density at radius 1 is 1.20 bits per heavy atom. The molecule has 1 atom stereocenters. The maximum absolute atomic E-state index is 5.77. The first-order chi connectivity index (χ1) is 9.65. The summed E-state index contributed by atoms with van der Waals surface area (Å²) in [5, 5.41) is 0. The van der Waals surface area contributed by atoms with Gasteiger partial charge in [0.25, 0.3) is 0 Å². The SMILES string of the molecule is CCc1cnccc1C(Cc1ccc(C)c(C)c1)NN. The zero-order valence-electron chi connectivity index (χ0n) is 12.5. The van der Waals surface area contributed by atoms with Gasteiger partial charge in [0.05, 0.1) is 6.04 Å². The Hall–Kier alpha value is -1.71. The topological polar surface area (TPSA) is 50.9 Å². The fourth-order valence-electron chi connectivity index (χ4n) is 2.50. The van der Waals surface area contributed by atoms with Crippen molar-refractivity contribution in [1.82, 2.24) is 10.4 Å². The third-order valence-corrected chi connectivity index (χ3v) is 3.91. The third kappa shape index (κ3) is 3.24. The van der Waals surface area contributed by atoms with Crippen LogP contribution in [0.15, 0.2) is 36.7 Å². The average Bonchev–Trinajstić information content (AvgIpc) is 2.48. The quantitative estimate of drug-likeness (QED) is 0.648. The summed E-state index contributed by atoms with van der Waals surface area (Å²) in [7, 11) is 0. The molecule has 2 aromatic rings. The van der Waals surface area contributed by atoms with Gasteiger partial charge in [0, 0.05) is 12.4 Å². The molecule has 1 unspecified atom stereocenters. The minimum atomic E-state index is 0.120. The lowest BCUT2D eigenvalue weighted by molar-refractivity contribution is 0.547. The molecule has 1 heterocycles. The van der Waals surface area contributed by atoms with Crippen LogP contribution >= 0.6 is 0 Å². The lowest BCUT2D eigenvalue weighted by Crippen LogP contribution is -2.30. The Morgan fingerprint density at radius 2 is 2.00 bits per heavy atom. The molecule has 106 valence electrons. The van der Waals surface area contributed by atoms with E-state index in [0.717, 1.165) is 12.8 Å². The van der Waals surface area contributed by atoms with Crippen molar-refractivity contribution >= 4 is 0 Å². The third-order valence-electron chi connectivity index (χ3n) is 3.91. The number of hydrogen-bond acceptors (Lipinski definition) is 3. The molecule has 0 fully saturated rings. The van der Waals surface area contributed by atoms with Crippen LogP contribution in [0.3, 0.4) is 0 Å². The molecule has 0 saturated carbocycles. The van der Waals surface area contributed by atoms with Crippen LogP contribution in [0, 0.1) is 13.8 Å². The van der Waals surface area contributed by atoms with E-state index in [1.807, 2.05) is 12.4 Å². The van der Waals surface area contributed by atoms with Crippen molar-refractivity contribution in [2.24, 2.45) is 5.84 Å². The van der Waals surface area contributed by atoms with Gasteiger partial charge in [-0.25, -0.2) is 0 Å². The van der Waals surface area contributed by atoms with E-state index in [2.05, 4.69) is 55.4 Å². The van der Waals surface area contributed by atoms with E-state index < -0.39 is 0 Å². The molecule has 1 aromatic carbocycles. The number of hydrogen-bond donors (Lipinski definition) is 2. The van der Waals surface area contributed by atoms with Crippen LogP contribution in [0.5, 0.6) is 0 Å². The number of benzene rings is 1. The molecule has 2 rings (SSSR count). The van der Waals surface area contributed by atoms with Crippen molar-refractivity contribution in [3.8, 4) is 0 Å². The van der Waals surface area contributed by atoms with Crippen LogP contribution < -0.4 is 11.3 Å². The van der Waals surface area contributed by atoms with Gasteiger partial charge < -0.3 is 0 Å². The van der Waals surface area contributed by atoms with Gasteiger partial charge in [-0.15, -0.1) is 0 Å². The molecule has 0 bridgehead atoms. The Bertz CT molecular complexity index is 578. The van der Waals surface area contributed by atoms with Crippen LogP contribution in [0.2, 0.25) is 0 Å². The number of nitrogens with zero attached hydrogens (tertiary/aromatic N) is 1. The van der Waals surface area contributed by atoms with E-state index >= 15 is 0 Å². The second-order valence-corrected chi connectivity index (χ2v) is 5.27. The van der Waals surface area contributed by atoms with E-state index in [-0.39, 0.29) is 6.04 Å². The predicted molar refractivity (Wildman–Crippen MR) is 83.3 cm³/mol. The second-order valence-electron chi connectivity index (χ2n) is 5.27. The van der Waals surface area contributed by atoms with E-state index in [1.165, 1.54) is 27.8 Å². The lowest BCUT2D eigenvalue weighted by atomic mass is 9.94. The zero-order chi connectivity index (χ0) is 14.5. The molecule has 3 N–H and O–H groups in total. The molecule has 1 aromatic heterocycles. The number of nitrogens with two attached hydrogens (primary N) is 1. The van der Waals surface area contributed by atoms with E-state index in [4.69, 9.17) is 5.84 Å². The van der Waals surface area contributed by atoms with E-state index in [1.54, 1.807) is 0 Å². The van der Waals surface area contributed by atoms with Crippen molar-refractivity contribution in [2.45, 2.75) is 39.7 Å². The van der Waals surface area contributed by atoms with Crippen LogP contribution in [-0.2, 0) is 12.8 Å². The minimum Gasteiger partial charge on any atom is -0.271 e. The number of aromatic nitrogens is 1. The number of hydrazine groups is 1. The number of aryl methyl sites for hydroxylation is 3. The summed E-state index contributed by atoms with van der Waals surface area (Å²) in [6.45, 7) is 6.42. The number of pyridine rings is 1. The second kappa shape index (κ2) is 6.64. The van der Waals surface area contributed by atoms with Crippen LogP contribution in [0.25, 0.3) is 0 Å². The van der Waals surface area contributed by atoms with Gasteiger partial charge in [0.1, 0.15) is 0 Å². The monoisotopic (exact) mass is 269 g/mol. The zero-order valence-corrected chi connectivity index (χ0v) is 12.5. The summed E-state index contributed by atoms with van der Waals surface area (Å²) in [5.41, 5.74) is 9.38. The van der Waals surface area contributed by atoms with E-state index in [0.29, 0.717) is 0 Å². The van der Waals surface area contributed by atoms with Crippen LogP contribution in [0.1, 0.15) is 40.8 Å². The predicted octanol–water partition coefficient (Wildman–Crippen LogP) is 3.01. The Labute approximate surface area is 121 Å². The maximum Gasteiger partial charge on any atom is 0.0504 e. The van der Waals surface area contributed by atoms with Gasteiger partial charge in [0.2, 0.25) is 0 Å². The molecular formula is C17H23N3. The minimum absolute atomic E-state index is 0.120. The van der Waals surface area contributed by atoms with Crippen molar-refractivity contribution < 1.29 is 0 Å². The van der Waals surface area contributed by atoms with Gasteiger partial charge in [-0.05, 0) is 60.6 Å². The maximum atomic E-state index is 5.77. The van der Waals surface area contributed by atoms with E-state index in [9.17, 15) is 0 Å². The van der Waals surface area contributed by atoms with Crippen LogP contribution in [-0.4, -0.2) is 4.98 Å². The summed E-state index contributed by atoms with van der Waals surface area (Å²) in [6.07, 6.45) is 5.61. The Balaban J connectivity index is 2.26. The largest absolute Gasteiger partial charge is 0.271 e. The molecule has 3 heteroatoms. The summed E-state index contributed by atoms with van der Waals surface area (Å²) >= 11 is 0. The van der Waals surface area contributed by atoms with Crippen molar-refractivity contribution in [2.75, 3.05) is 0 Å². The smallest absolute Gasteiger partial charge is 0.0504 e. The summed E-state index contributed by atoms with van der Waals surface area (Å²) in [6, 6.07) is 8.78. The Kier molecular flexibility index (Phi) is 4.88. The Morgan fingerprint density at radius 3 is 2.65 bits per heavy atom. The van der Waals surface area contributed by atoms with Gasteiger partial charge in [0.15, 0.2) is 0 Å². The highest BCUT2D eigenvalue weighted by molar-refractivity contribution is 5.33. The molecule has 0 radical (unpaired) electrons. The van der Waals surface area contributed by atoms with Gasteiger partial charge in [-0.1, -0.05) is 25.1 Å². The first kappa shape index (κ1) is 14.7. The lowest BCUT2D eigenvalue weighted by Gasteiger charge is -2.19. The highest BCUT2D eigenvalue weighted by Gasteiger charge is 2.14. The van der Waals surface area contributed by atoms with Gasteiger partial charge >= 0.3 is 0 Å². The fourth-order valence-corrected chi connectivity index (χ4v) is 2.50. The average molecular weight is 269 g/mol. The molecule has 0 aliphatic carbocycles. The summed E-state index contributed by atoms with van der Waals surface area (Å²) in [5.74, 6) is 5.77. The van der Waals surface area contributed by atoms with Crippen molar-refractivity contribution in [3.63, 3.8) is 0 Å². The molecule has 0 saturated heterocycles. The fraction of sp³-hybridized carbons (Fsp3) is 0.353. The molecule has 0 spiro atoms. The molecule has 0 aliphatic rings. The molecule has 0 amide bonds. The number of nitrogens with one attached hydrogen (secondary N) is 1. The normalized spacial score (nSPS) is 12.4.